The van der Waals surface area contributed by atoms with Crippen molar-refractivity contribution in [2.75, 3.05) is 21.9 Å². The monoisotopic (exact) mass is 406 g/mol. The summed E-state index contributed by atoms with van der Waals surface area (Å²) in [4.78, 5) is 26.4. The number of ketones is 1. The van der Waals surface area contributed by atoms with E-state index in [9.17, 15) is 18.0 Å². The first-order valence-corrected chi connectivity index (χ1v) is 11.2. The van der Waals surface area contributed by atoms with Crippen molar-refractivity contribution in [2.24, 2.45) is 0 Å². The first-order chi connectivity index (χ1) is 12.8. The van der Waals surface area contributed by atoms with E-state index in [1.54, 1.807) is 35.6 Å². The van der Waals surface area contributed by atoms with Gasteiger partial charge in [0.1, 0.15) is 0 Å². The second kappa shape index (κ2) is 7.82. The molecule has 1 N–H and O–H groups in total. The van der Waals surface area contributed by atoms with Crippen LogP contribution < -0.4 is 9.62 Å². The Morgan fingerprint density at radius 3 is 2.41 bits per heavy atom. The van der Waals surface area contributed by atoms with Crippen LogP contribution in [0.2, 0.25) is 0 Å². The summed E-state index contributed by atoms with van der Waals surface area (Å²) < 4.78 is 25.3. The van der Waals surface area contributed by atoms with Crippen molar-refractivity contribution < 1.29 is 18.0 Å². The minimum absolute atomic E-state index is 0.0263. The molecule has 1 saturated heterocycles. The molecule has 2 heterocycles. The van der Waals surface area contributed by atoms with Gasteiger partial charge < -0.3 is 5.32 Å². The van der Waals surface area contributed by atoms with Crippen LogP contribution in [0, 0.1) is 13.8 Å². The Kier molecular flexibility index (Phi) is 5.67. The van der Waals surface area contributed by atoms with Gasteiger partial charge in [-0.15, -0.1) is 11.3 Å². The number of benzene rings is 1. The van der Waals surface area contributed by atoms with Crippen molar-refractivity contribution >= 4 is 44.4 Å². The van der Waals surface area contributed by atoms with Gasteiger partial charge in [-0.1, -0.05) is 0 Å². The lowest BCUT2D eigenvalue weighted by atomic mass is 10.1. The van der Waals surface area contributed by atoms with Gasteiger partial charge >= 0.3 is 0 Å². The number of aryl methyl sites for hydroxylation is 2. The van der Waals surface area contributed by atoms with Crippen molar-refractivity contribution in [1.29, 1.82) is 0 Å². The van der Waals surface area contributed by atoms with Gasteiger partial charge in [0.15, 0.2) is 5.78 Å². The number of nitrogens with zero attached hydrogens (tertiary/aromatic N) is 1. The third-order valence-corrected chi connectivity index (χ3v) is 7.29. The summed E-state index contributed by atoms with van der Waals surface area (Å²) in [6, 6.07) is 8.58. The van der Waals surface area contributed by atoms with Crippen molar-refractivity contribution in [3.8, 4) is 0 Å². The van der Waals surface area contributed by atoms with Gasteiger partial charge in [-0.2, -0.15) is 0 Å². The van der Waals surface area contributed by atoms with Gasteiger partial charge in [0.2, 0.25) is 15.9 Å². The van der Waals surface area contributed by atoms with E-state index < -0.39 is 10.0 Å². The van der Waals surface area contributed by atoms with Crippen molar-refractivity contribution in [1.82, 2.24) is 0 Å². The molecule has 1 fully saturated rings. The van der Waals surface area contributed by atoms with E-state index in [-0.39, 0.29) is 30.3 Å². The summed E-state index contributed by atoms with van der Waals surface area (Å²) in [5.41, 5.74) is 1.88. The highest BCUT2D eigenvalue weighted by atomic mass is 32.2. The van der Waals surface area contributed by atoms with Gasteiger partial charge in [0.05, 0.1) is 11.4 Å². The molecule has 0 aliphatic carbocycles. The van der Waals surface area contributed by atoms with Crippen molar-refractivity contribution in [2.45, 2.75) is 33.1 Å². The Morgan fingerprint density at radius 2 is 1.85 bits per heavy atom. The number of thiophene rings is 1. The van der Waals surface area contributed by atoms with E-state index in [0.717, 1.165) is 9.75 Å². The smallest absolute Gasteiger partial charge is 0.235 e. The number of carbonyl (C=O) groups is 2. The molecule has 3 rings (SSSR count). The Bertz CT molecular complexity index is 962. The predicted octanol–water partition coefficient (Wildman–Crippen LogP) is 3.51. The summed E-state index contributed by atoms with van der Waals surface area (Å²) >= 11 is 1.58. The van der Waals surface area contributed by atoms with Crippen LogP contribution in [0.3, 0.4) is 0 Å². The Balaban J connectivity index is 1.55. The molecule has 0 saturated carbocycles. The Hall–Kier alpha value is -2.19. The number of Topliss-reactive ketones (excluding diaryl/α,β-unsaturated/α-hetero) is 1. The zero-order chi connectivity index (χ0) is 19.6. The summed E-state index contributed by atoms with van der Waals surface area (Å²) in [5, 5.41) is 2.75. The van der Waals surface area contributed by atoms with E-state index in [4.69, 9.17) is 0 Å². The largest absolute Gasteiger partial charge is 0.326 e. The molecule has 6 nitrogen and oxygen atoms in total. The van der Waals surface area contributed by atoms with Crippen molar-refractivity contribution in [3.63, 3.8) is 0 Å². The number of hydrogen-bond acceptors (Lipinski definition) is 5. The van der Waals surface area contributed by atoms with Gasteiger partial charge in [0.25, 0.3) is 0 Å². The summed E-state index contributed by atoms with van der Waals surface area (Å²) in [6.07, 6.45) is 0.889. The van der Waals surface area contributed by atoms with Gasteiger partial charge in [-0.05, 0) is 50.6 Å². The highest BCUT2D eigenvalue weighted by Gasteiger charge is 2.28. The Morgan fingerprint density at radius 1 is 1.15 bits per heavy atom. The fraction of sp³-hybridized carbons (Fsp3) is 0.368. The molecule has 0 radical (unpaired) electrons. The lowest BCUT2D eigenvalue weighted by Crippen LogP contribution is -2.25. The van der Waals surface area contributed by atoms with Gasteiger partial charge in [-0.25, -0.2) is 8.42 Å². The second-order valence-electron chi connectivity index (χ2n) is 6.59. The number of nitrogens with one attached hydrogen (secondary N) is 1. The Labute approximate surface area is 163 Å². The molecule has 144 valence electrons. The summed E-state index contributed by atoms with van der Waals surface area (Å²) in [7, 11) is -3.21. The minimum Gasteiger partial charge on any atom is -0.326 e. The van der Waals surface area contributed by atoms with Crippen LogP contribution in [0.1, 0.15) is 39.4 Å². The maximum atomic E-state index is 12.3. The topological polar surface area (TPSA) is 83.6 Å². The number of amides is 1. The van der Waals surface area contributed by atoms with Crippen molar-refractivity contribution in [3.05, 3.63) is 45.6 Å². The first kappa shape index (κ1) is 19.6. The third kappa shape index (κ3) is 4.56. The summed E-state index contributed by atoms with van der Waals surface area (Å²) in [5.74, 6) is -0.0982. The molecule has 27 heavy (non-hydrogen) atoms. The third-order valence-electron chi connectivity index (χ3n) is 4.46. The molecule has 0 unspecified atom stereocenters. The number of sulfonamides is 1. The van der Waals surface area contributed by atoms with E-state index in [2.05, 4.69) is 5.32 Å². The fourth-order valence-electron chi connectivity index (χ4n) is 3.13. The molecule has 0 atom stereocenters. The van der Waals surface area contributed by atoms with Gasteiger partial charge in [-0.3, -0.25) is 13.9 Å². The molecular formula is C19H22N2O4S2. The SMILES string of the molecule is Cc1cc(C(=O)CCC(=O)Nc2ccc(N3CCCS3(=O)=O)cc2)c(C)s1. The van der Waals surface area contributed by atoms with E-state index in [1.165, 1.54) is 4.31 Å². The van der Waals surface area contributed by atoms with E-state index in [0.29, 0.717) is 29.9 Å². The lowest BCUT2D eigenvalue weighted by molar-refractivity contribution is -0.116. The van der Waals surface area contributed by atoms with Crippen LogP contribution in [0.5, 0.6) is 0 Å². The first-order valence-electron chi connectivity index (χ1n) is 8.77. The number of rotatable bonds is 6. The molecular weight excluding hydrogens is 384 g/mol. The standard InChI is InChI=1S/C19H22N2O4S2/c1-13-12-17(14(2)26-13)18(22)8-9-19(23)20-15-4-6-16(7-5-15)21-10-3-11-27(21,24)25/h4-7,12H,3,8-11H2,1-2H3,(H,20,23). The molecule has 1 aromatic heterocycles. The molecule has 8 heteroatoms. The number of hydrogen-bond donors (Lipinski definition) is 1. The van der Waals surface area contributed by atoms with Crippen LogP contribution in [-0.4, -0.2) is 32.4 Å². The summed E-state index contributed by atoms with van der Waals surface area (Å²) in [6.45, 7) is 4.35. The average molecular weight is 407 g/mol. The maximum absolute atomic E-state index is 12.3. The molecule has 1 aliphatic heterocycles. The van der Waals surface area contributed by atoms with Crippen LogP contribution >= 0.6 is 11.3 Å². The van der Waals surface area contributed by atoms with Crippen LogP contribution in [0.4, 0.5) is 11.4 Å². The molecule has 1 aromatic carbocycles. The molecule has 1 aliphatic rings. The minimum atomic E-state index is -3.21. The molecule has 2 aromatic rings. The maximum Gasteiger partial charge on any atom is 0.235 e. The van der Waals surface area contributed by atoms with Gasteiger partial charge in [0, 0.05) is 40.4 Å². The van der Waals surface area contributed by atoms with E-state index >= 15 is 0 Å². The zero-order valence-electron chi connectivity index (χ0n) is 15.3. The normalized spacial score (nSPS) is 15.7. The number of anilines is 2. The average Bonchev–Trinajstić information content (AvgIpc) is 3.14. The van der Waals surface area contributed by atoms with Crippen LogP contribution in [0.15, 0.2) is 30.3 Å². The quantitative estimate of drug-likeness (QED) is 0.744. The predicted molar refractivity (Wildman–Crippen MR) is 108 cm³/mol. The van der Waals surface area contributed by atoms with Crippen LogP contribution in [0.25, 0.3) is 0 Å². The van der Waals surface area contributed by atoms with Crippen LogP contribution in [-0.2, 0) is 14.8 Å². The highest BCUT2D eigenvalue weighted by Crippen LogP contribution is 2.26. The second-order valence-corrected chi connectivity index (χ2v) is 10.1. The van der Waals surface area contributed by atoms with E-state index in [1.807, 2.05) is 19.9 Å². The number of carbonyl (C=O) groups excluding carboxylic acids is 2. The lowest BCUT2D eigenvalue weighted by Gasteiger charge is -2.17. The zero-order valence-corrected chi connectivity index (χ0v) is 17.0. The molecule has 0 spiro atoms. The molecule has 0 bridgehead atoms. The fourth-order valence-corrected chi connectivity index (χ4v) is 5.64. The molecule has 1 amide bonds. The highest BCUT2D eigenvalue weighted by molar-refractivity contribution is 7.93.